The van der Waals surface area contributed by atoms with Crippen LogP contribution in [0.25, 0.3) is 30.8 Å². The van der Waals surface area contributed by atoms with Crippen molar-refractivity contribution < 1.29 is 31.8 Å². The normalized spacial score (nSPS) is 2.40. The van der Waals surface area contributed by atoms with Gasteiger partial charge >= 0.3 is 16.8 Å². The van der Waals surface area contributed by atoms with Gasteiger partial charge in [-0.2, -0.15) is 0 Å². The van der Waals surface area contributed by atoms with Gasteiger partial charge in [0, 0.05) is 0 Å². The summed E-state index contributed by atoms with van der Waals surface area (Å²) in [6, 6.07) is 0. The van der Waals surface area contributed by atoms with Crippen molar-refractivity contribution in [2.75, 3.05) is 0 Å². The molecule has 8 nitrogen and oxygen atoms in total. The molecule has 0 atom stereocenters. The van der Waals surface area contributed by atoms with Gasteiger partial charge in [0.25, 0.3) is 0 Å². The van der Waals surface area contributed by atoms with Crippen LogP contribution < -0.4 is 5.11 Å². The molecule has 0 aromatic carbocycles. The van der Waals surface area contributed by atoms with E-state index in [1.165, 1.54) is 0 Å². The third-order valence-electron chi connectivity index (χ3n) is 0. The van der Waals surface area contributed by atoms with E-state index in [1.807, 2.05) is 0 Å². The Morgan fingerprint density at radius 2 is 1.00 bits per heavy atom. The molecule has 0 unspecified atom stereocenters. The van der Waals surface area contributed by atoms with Gasteiger partial charge in [0.05, 0.1) is 0 Å². The van der Waals surface area contributed by atoms with E-state index < -0.39 is 6.16 Å². The first kappa shape index (κ1) is 106. The van der Waals surface area contributed by atoms with E-state index in [0.717, 1.165) is 0 Å². The van der Waals surface area contributed by atoms with Gasteiger partial charge in [-0.15, -0.1) is 0 Å². The van der Waals surface area contributed by atoms with Crippen molar-refractivity contribution in [3.8, 4) is 0 Å². The maximum absolute atomic E-state index is 8.44. The van der Waals surface area contributed by atoms with Crippen molar-refractivity contribution in [2.45, 2.75) is 0 Å². The molecule has 0 spiro atoms. The average Bonchev–Trinajstić information content (AvgIpc) is 0.811. The second-order valence-electron chi connectivity index (χ2n) is 0.266. The van der Waals surface area contributed by atoms with Gasteiger partial charge in [0.1, 0.15) is 0 Å². The van der Waals surface area contributed by atoms with E-state index in [2.05, 4.69) is 0 Å². The maximum atomic E-state index is 8.44. The zero-order valence-corrected chi connectivity index (χ0v) is 6.02. The Morgan fingerprint density at radius 3 is 1.00 bits per heavy atom. The van der Waals surface area contributed by atoms with Gasteiger partial charge < -0.3 is 45.8 Å². The average molecular weight is 200 g/mol. The summed E-state index contributed by atoms with van der Waals surface area (Å²) in [5.74, 6) is 0. The summed E-state index contributed by atoms with van der Waals surface area (Å²) >= 11 is 0. The predicted octanol–water partition coefficient (Wildman–Crippen LogP) is 2.47. The molecule has 0 aromatic rings. The largest absolute Gasteiger partial charge is 2.00 e. The zero-order chi connectivity index (χ0) is 3.58. The van der Waals surface area contributed by atoms with E-state index in [4.69, 9.17) is 15.0 Å². The molecule has 0 fully saturated rings. The molecule has 71 valence electrons. The third kappa shape index (κ3) is 1830. The summed E-state index contributed by atoms with van der Waals surface area (Å²) in [7, 11) is 0. The van der Waals surface area contributed by atoms with E-state index in [0.29, 0.717) is 0 Å². The molecule has 11 N–H and O–H groups in total. The van der Waals surface area contributed by atoms with Crippen LogP contribution in [-0.4, -0.2) is 11.3 Å². The second-order valence-corrected chi connectivity index (χ2v) is 0.266. The Bertz CT molecular complexity index is 39.9. The minimum absolute atomic E-state index is 0. The fourth-order valence-corrected chi connectivity index (χ4v) is 0. The van der Waals surface area contributed by atoms with Crippen molar-refractivity contribution in [1.82, 2.24) is 0 Å². The Morgan fingerprint density at radius 1 is 1.00 bits per heavy atom. The van der Waals surface area contributed by atoms with Gasteiger partial charge in [-0.1, -0.05) is 0 Å². The summed E-state index contributed by atoms with van der Waals surface area (Å²) in [5.41, 5.74) is 0. The Kier molecular flexibility index (Phi) is 787. The molecular weight excluding hydrogens is 189 g/mol. The number of hydrogen-bond donors (Lipinski definition) is 1. The van der Waals surface area contributed by atoms with Crippen molar-refractivity contribution in [1.29, 1.82) is 0 Å². The minimum atomic E-state index is -2.08. The Hall–Kier alpha value is -0.424. The Balaban J connectivity index is -0.00000000300. The minimum Gasteiger partial charge on any atom is -0.693 e. The molecule has 0 aliphatic heterocycles. The molecule has 0 bridgehead atoms. The predicted molar refractivity (Wildman–Crippen MR) is 34.4 cm³/mol. The van der Waals surface area contributed by atoms with E-state index in [-0.39, 0.29) is 47.5 Å². The van der Waals surface area contributed by atoms with E-state index in [1.54, 1.807) is 0 Å². The van der Waals surface area contributed by atoms with Crippen LogP contribution in [0, 0.1) is 0 Å². The van der Waals surface area contributed by atoms with Gasteiger partial charge in [-0.05, 0) is 0 Å². The first-order valence-electron chi connectivity index (χ1n) is 0.632. The smallest absolute Gasteiger partial charge is 0.693 e. The summed E-state index contributed by atoms with van der Waals surface area (Å²) in [6.07, 6.45) is -2.08. The standard InChI is InChI=1S/CH2O3.Co.5H2N/c2-1(3)4;;;;;;/h(H2,2,3,4);;5*1H2/q;+2;5*-1/p-1. The molecule has 0 saturated carbocycles. The third-order valence-corrected chi connectivity index (χ3v) is 0. The quantitative estimate of drug-likeness (QED) is 0.620. The SMILES string of the molecule is O=C([O-])O.[Co+2].[NH2-].[NH2-].[NH2-].[NH2-].[NH2-]. The number of hydrogen-bond acceptors (Lipinski definition) is 2. The molecule has 0 aliphatic carbocycles. The maximum Gasteiger partial charge on any atom is 2.00 e. The van der Waals surface area contributed by atoms with E-state index in [9.17, 15) is 0 Å². The molecule has 0 aromatic heterocycles. The van der Waals surface area contributed by atoms with Crippen LogP contribution in [-0.2, 0) is 16.8 Å². The Labute approximate surface area is 69.5 Å². The molecule has 0 heterocycles. The van der Waals surface area contributed by atoms with Gasteiger partial charge in [-0.25, -0.2) is 0 Å². The van der Waals surface area contributed by atoms with Crippen LogP contribution in [0.2, 0.25) is 0 Å². The van der Waals surface area contributed by atoms with Crippen LogP contribution in [0.5, 0.6) is 0 Å². The van der Waals surface area contributed by atoms with Crippen LogP contribution in [0.1, 0.15) is 0 Å². The zero-order valence-electron chi connectivity index (χ0n) is 4.98. The molecule has 1 radical (unpaired) electrons. The van der Waals surface area contributed by atoms with Crippen molar-refractivity contribution >= 4 is 6.16 Å². The molecule has 0 aliphatic rings. The molecule has 9 heteroatoms. The first-order valence-corrected chi connectivity index (χ1v) is 0.632. The summed E-state index contributed by atoms with van der Waals surface area (Å²) in [4.78, 5) is 8.44. The topological polar surface area (TPSA) is 228 Å². The number of nitrogens with two attached hydrogens (primary N) is 5. The van der Waals surface area contributed by atoms with Crippen molar-refractivity contribution in [2.24, 2.45) is 0 Å². The fraction of sp³-hybridized carbons (Fsp3) is 0. The van der Waals surface area contributed by atoms with Crippen LogP contribution in [0.15, 0.2) is 0 Å². The van der Waals surface area contributed by atoms with Crippen molar-refractivity contribution in [3.63, 3.8) is 0 Å². The fourth-order valence-electron chi connectivity index (χ4n) is 0. The van der Waals surface area contributed by atoms with Crippen molar-refractivity contribution in [3.05, 3.63) is 30.8 Å². The molecule has 0 rings (SSSR count). The van der Waals surface area contributed by atoms with E-state index >= 15 is 0 Å². The molecule has 10 heavy (non-hydrogen) atoms. The number of carbonyl (C=O) groups is 1. The van der Waals surface area contributed by atoms with Gasteiger partial charge in [0.15, 0.2) is 0 Å². The molecular formula is CH11CoN5O3-4. The molecule has 0 amide bonds. The summed E-state index contributed by atoms with van der Waals surface area (Å²) < 4.78 is 0. The van der Waals surface area contributed by atoms with Crippen LogP contribution in [0.3, 0.4) is 0 Å². The summed E-state index contributed by atoms with van der Waals surface area (Å²) in [5, 5.41) is 15.3. The number of carboxylic acid groups (broad SMARTS) is 2. The van der Waals surface area contributed by atoms with Crippen LogP contribution >= 0.6 is 0 Å². The van der Waals surface area contributed by atoms with Gasteiger partial charge in [-0.3, -0.25) is 0 Å². The summed E-state index contributed by atoms with van der Waals surface area (Å²) in [6.45, 7) is 0. The monoisotopic (exact) mass is 200 g/mol. The van der Waals surface area contributed by atoms with Gasteiger partial charge in [0.2, 0.25) is 6.16 Å². The molecule has 0 saturated heterocycles. The second kappa shape index (κ2) is 74.2. The van der Waals surface area contributed by atoms with Crippen LogP contribution in [0.4, 0.5) is 4.79 Å². The number of rotatable bonds is 0. The first-order chi connectivity index (χ1) is 1.73.